The molecule has 0 aromatic heterocycles. The summed E-state index contributed by atoms with van der Waals surface area (Å²) in [5, 5.41) is 3.60. The van der Waals surface area contributed by atoms with Crippen molar-refractivity contribution in [1.29, 1.82) is 0 Å². The van der Waals surface area contributed by atoms with Crippen LogP contribution in [0.15, 0.2) is 24.3 Å². The van der Waals surface area contributed by atoms with E-state index in [4.69, 9.17) is 9.31 Å². The highest BCUT2D eigenvalue weighted by Crippen LogP contribution is 2.36. The lowest BCUT2D eigenvalue weighted by Gasteiger charge is -2.32. The van der Waals surface area contributed by atoms with Crippen LogP contribution >= 0.6 is 0 Å². The number of hydrogen-bond acceptors (Lipinski definition) is 4. The molecule has 2 aliphatic rings. The number of nitrogens with one attached hydrogen (secondary N) is 1. The largest absolute Gasteiger partial charge is 0.494 e. The zero-order valence-electron chi connectivity index (χ0n) is 15.1. The first-order valence-corrected chi connectivity index (χ1v) is 8.63. The van der Waals surface area contributed by atoms with Crippen molar-refractivity contribution in [3.8, 4) is 0 Å². The molecule has 1 aromatic carbocycles. The topological polar surface area (TPSA) is 33.7 Å². The van der Waals surface area contributed by atoms with Crippen molar-refractivity contribution in [3.05, 3.63) is 29.8 Å². The Labute approximate surface area is 140 Å². The highest BCUT2D eigenvalue weighted by Gasteiger charge is 2.51. The first kappa shape index (κ1) is 17.0. The van der Waals surface area contributed by atoms with E-state index in [0.717, 1.165) is 31.5 Å². The average Bonchev–Trinajstić information content (AvgIpc) is 2.68. The van der Waals surface area contributed by atoms with Crippen LogP contribution in [0.2, 0.25) is 0 Å². The molecule has 0 saturated carbocycles. The molecule has 5 heteroatoms. The number of nitrogens with zero attached hydrogens (tertiary/aromatic N) is 1. The molecule has 4 nitrogen and oxygen atoms in total. The van der Waals surface area contributed by atoms with Gasteiger partial charge in [-0.3, -0.25) is 0 Å². The molecule has 0 bridgehead atoms. The van der Waals surface area contributed by atoms with E-state index in [2.05, 4.69) is 69.2 Å². The zero-order chi connectivity index (χ0) is 16.7. The lowest BCUT2D eigenvalue weighted by molar-refractivity contribution is 0.00578. The van der Waals surface area contributed by atoms with Crippen LogP contribution in [0.25, 0.3) is 0 Å². The summed E-state index contributed by atoms with van der Waals surface area (Å²) in [7, 11) is 1.92. The van der Waals surface area contributed by atoms with Crippen molar-refractivity contribution in [2.24, 2.45) is 0 Å². The molecule has 0 spiro atoms. The molecule has 1 N–H and O–H groups in total. The van der Waals surface area contributed by atoms with Gasteiger partial charge in [0.05, 0.1) is 11.2 Å². The fraction of sp³-hybridized carbons (Fsp3) is 0.667. The molecule has 3 rings (SSSR count). The SMILES string of the molecule is CN1CCN[C@@H](Cc2ccc(B3OC(C)(C)C(C)(C)O3)cc2)C1. The summed E-state index contributed by atoms with van der Waals surface area (Å²) in [5.41, 5.74) is 1.89. The van der Waals surface area contributed by atoms with Gasteiger partial charge in [-0.2, -0.15) is 0 Å². The number of rotatable bonds is 3. The van der Waals surface area contributed by atoms with Crippen molar-refractivity contribution >= 4 is 12.6 Å². The van der Waals surface area contributed by atoms with Crippen molar-refractivity contribution in [1.82, 2.24) is 10.2 Å². The molecule has 126 valence electrons. The van der Waals surface area contributed by atoms with Gasteiger partial charge in [0.15, 0.2) is 0 Å². The van der Waals surface area contributed by atoms with Crippen LogP contribution in [-0.2, 0) is 15.7 Å². The van der Waals surface area contributed by atoms with E-state index in [9.17, 15) is 0 Å². The molecule has 0 aliphatic carbocycles. The standard InChI is InChI=1S/C18H29BN2O2/c1-17(2)18(3,4)23-19(22-17)15-8-6-14(7-9-15)12-16-13-21(5)11-10-20-16/h6-9,16,20H,10-13H2,1-5H3/t16-/m0/s1. The zero-order valence-corrected chi connectivity index (χ0v) is 15.1. The molecule has 1 aromatic rings. The van der Waals surface area contributed by atoms with Gasteiger partial charge in [0.2, 0.25) is 0 Å². The quantitative estimate of drug-likeness (QED) is 0.856. The Hall–Kier alpha value is -0.875. The van der Waals surface area contributed by atoms with E-state index in [1.165, 1.54) is 5.56 Å². The van der Waals surface area contributed by atoms with E-state index in [0.29, 0.717) is 6.04 Å². The molecular weight excluding hydrogens is 287 g/mol. The Morgan fingerprint density at radius 1 is 1.13 bits per heavy atom. The lowest BCUT2D eigenvalue weighted by atomic mass is 9.78. The van der Waals surface area contributed by atoms with E-state index < -0.39 is 0 Å². The van der Waals surface area contributed by atoms with E-state index in [1.54, 1.807) is 0 Å². The van der Waals surface area contributed by atoms with Crippen LogP contribution in [0.5, 0.6) is 0 Å². The number of likely N-dealkylation sites (N-methyl/N-ethyl adjacent to an activating group) is 1. The number of piperazine rings is 1. The van der Waals surface area contributed by atoms with Gasteiger partial charge in [0.25, 0.3) is 0 Å². The van der Waals surface area contributed by atoms with Crippen molar-refractivity contribution in [2.45, 2.75) is 51.4 Å². The van der Waals surface area contributed by atoms with Gasteiger partial charge in [-0.1, -0.05) is 24.3 Å². The Balaban J connectivity index is 1.64. The predicted octanol–water partition coefficient (Wildman–Crippen LogP) is 1.43. The van der Waals surface area contributed by atoms with Crippen LogP contribution in [0.4, 0.5) is 0 Å². The Morgan fingerprint density at radius 3 is 2.30 bits per heavy atom. The van der Waals surface area contributed by atoms with E-state index in [1.807, 2.05) is 0 Å². The molecule has 2 aliphatic heterocycles. The summed E-state index contributed by atoms with van der Waals surface area (Å²) in [6.07, 6.45) is 1.06. The second-order valence-electron chi connectivity index (χ2n) is 7.95. The fourth-order valence-corrected chi connectivity index (χ4v) is 3.20. The van der Waals surface area contributed by atoms with Crippen molar-refractivity contribution in [2.75, 3.05) is 26.7 Å². The minimum Gasteiger partial charge on any atom is -0.399 e. The maximum Gasteiger partial charge on any atom is 0.494 e. The number of hydrogen-bond donors (Lipinski definition) is 1. The molecule has 2 fully saturated rings. The first-order valence-electron chi connectivity index (χ1n) is 8.63. The molecule has 0 unspecified atom stereocenters. The number of benzene rings is 1. The summed E-state index contributed by atoms with van der Waals surface area (Å²) in [6, 6.07) is 9.23. The van der Waals surface area contributed by atoms with Gasteiger partial charge < -0.3 is 19.5 Å². The fourth-order valence-electron chi connectivity index (χ4n) is 3.20. The van der Waals surface area contributed by atoms with Crippen LogP contribution in [-0.4, -0.2) is 55.9 Å². The maximum atomic E-state index is 6.11. The summed E-state index contributed by atoms with van der Waals surface area (Å²) in [5.74, 6) is 0. The third-order valence-corrected chi connectivity index (χ3v) is 5.45. The van der Waals surface area contributed by atoms with Crippen molar-refractivity contribution in [3.63, 3.8) is 0 Å². The minimum absolute atomic E-state index is 0.270. The van der Waals surface area contributed by atoms with Crippen LogP contribution < -0.4 is 10.8 Å². The van der Waals surface area contributed by atoms with Gasteiger partial charge in [-0.25, -0.2) is 0 Å². The Bertz CT molecular complexity index is 528. The molecule has 1 atom stereocenters. The van der Waals surface area contributed by atoms with Gasteiger partial charge in [0.1, 0.15) is 0 Å². The van der Waals surface area contributed by atoms with Crippen LogP contribution in [0, 0.1) is 0 Å². The second-order valence-corrected chi connectivity index (χ2v) is 7.95. The van der Waals surface area contributed by atoms with Gasteiger partial charge >= 0.3 is 7.12 Å². The first-order chi connectivity index (χ1) is 10.8. The third kappa shape index (κ3) is 3.63. The summed E-state index contributed by atoms with van der Waals surface area (Å²) < 4.78 is 12.2. The molecule has 23 heavy (non-hydrogen) atoms. The van der Waals surface area contributed by atoms with Gasteiger partial charge in [-0.05, 0) is 52.2 Å². The lowest BCUT2D eigenvalue weighted by Crippen LogP contribution is -2.49. The molecule has 0 radical (unpaired) electrons. The average molecular weight is 316 g/mol. The van der Waals surface area contributed by atoms with Crippen LogP contribution in [0.3, 0.4) is 0 Å². The molecular formula is C18H29BN2O2. The summed E-state index contributed by atoms with van der Waals surface area (Å²) in [4.78, 5) is 2.39. The van der Waals surface area contributed by atoms with Crippen molar-refractivity contribution < 1.29 is 9.31 Å². The highest BCUT2D eigenvalue weighted by molar-refractivity contribution is 6.62. The Kier molecular flexibility index (Phi) is 4.58. The monoisotopic (exact) mass is 316 g/mol. The normalized spacial score (nSPS) is 27.3. The van der Waals surface area contributed by atoms with Crippen LogP contribution in [0.1, 0.15) is 33.3 Å². The summed E-state index contributed by atoms with van der Waals surface area (Å²) >= 11 is 0. The maximum absolute atomic E-state index is 6.11. The third-order valence-electron chi connectivity index (χ3n) is 5.45. The van der Waals surface area contributed by atoms with Gasteiger partial charge in [0, 0.05) is 25.7 Å². The van der Waals surface area contributed by atoms with E-state index in [-0.39, 0.29) is 18.3 Å². The predicted molar refractivity (Wildman–Crippen MR) is 95.1 cm³/mol. The minimum atomic E-state index is -0.285. The van der Waals surface area contributed by atoms with Gasteiger partial charge in [-0.15, -0.1) is 0 Å². The molecule has 0 amide bonds. The second kappa shape index (κ2) is 6.21. The smallest absolute Gasteiger partial charge is 0.399 e. The molecule has 2 heterocycles. The Morgan fingerprint density at radius 2 is 1.74 bits per heavy atom. The van der Waals surface area contributed by atoms with E-state index >= 15 is 0 Å². The highest BCUT2D eigenvalue weighted by atomic mass is 16.7. The molecule has 2 saturated heterocycles. The summed E-state index contributed by atoms with van der Waals surface area (Å²) in [6.45, 7) is 11.7.